The molecule has 134 valence electrons. The van der Waals surface area contributed by atoms with Crippen molar-refractivity contribution < 1.29 is 12.8 Å². The Kier molecular flexibility index (Phi) is 4.98. The number of rotatable bonds is 5. The molecule has 0 saturated heterocycles. The van der Waals surface area contributed by atoms with Crippen LogP contribution in [0.25, 0.3) is 11.1 Å². The highest BCUT2D eigenvalue weighted by Gasteiger charge is 2.46. The first-order valence-corrected chi connectivity index (χ1v) is 10.2. The summed E-state index contributed by atoms with van der Waals surface area (Å²) in [6, 6.07) is 16.6. The van der Waals surface area contributed by atoms with Crippen molar-refractivity contribution in [2.75, 3.05) is 0 Å². The summed E-state index contributed by atoms with van der Waals surface area (Å²) >= 11 is 0. The highest BCUT2D eigenvalue weighted by atomic mass is 32.2. The van der Waals surface area contributed by atoms with Gasteiger partial charge >= 0.3 is 0 Å². The Morgan fingerprint density at radius 3 is 2.24 bits per heavy atom. The van der Waals surface area contributed by atoms with E-state index in [4.69, 9.17) is 0 Å². The van der Waals surface area contributed by atoms with Gasteiger partial charge in [0.2, 0.25) is 10.0 Å². The van der Waals surface area contributed by atoms with E-state index in [0.717, 1.165) is 11.1 Å². The van der Waals surface area contributed by atoms with Gasteiger partial charge in [-0.2, -0.15) is 0 Å². The van der Waals surface area contributed by atoms with E-state index in [9.17, 15) is 8.42 Å². The van der Waals surface area contributed by atoms with Crippen LogP contribution in [0.3, 0.4) is 0 Å². The van der Waals surface area contributed by atoms with Crippen LogP contribution < -0.4 is 4.72 Å². The zero-order valence-corrected chi connectivity index (χ0v) is 15.4. The Labute approximate surface area is 149 Å². The second-order valence-electron chi connectivity index (χ2n) is 6.96. The van der Waals surface area contributed by atoms with Gasteiger partial charge in [-0.15, -0.1) is 0 Å². The van der Waals surface area contributed by atoms with Crippen LogP contribution in [-0.4, -0.2) is 19.7 Å². The smallest absolute Gasteiger partial charge is 0.214 e. The molecule has 2 atom stereocenters. The molecule has 1 N–H and O–H groups in total. The third-order valence-corrected chi connectivity index (χ3v) is 6.84. The molecule has 1 aliphatic carbocycles. The van der Waals surface area contributed by atoms with Gasteiger partial charge in [0.1, 0.15) is 0 Å². The predicted octanol–water partition coefficient (Wildman–Crippen LogP) is 4.40. The summed E-state index contributed by atoms with van der Waals surface area (Å²) in [5, 5.41) is -0.571. The first kappa shape index (κ1) is 18.1. The maximum atomic E-state index is 15.7. The fourth-order valence-corrected chi connectivity index (χ4v) is 4.34. The van der Waals surface area contributed by atoms with Gasteiger partial charge in [-0.1, -0.05) is 54.6 Å². The Morgan fingerprint density at radius 2 is 1.64 bits per heavy atom. The number of nitrogens with one attached hydrogen (secondary N) is 1. The molecule has 1 aliphatic rings. The third-order valence-electron chi connectivity index (χ3n) is 4.98. The number of hydrogen-bond donors (Lipinski definition) is 1. The zero-order chi connectivity index (χ0) is 18.1. The molecule has 1 saturated carbocycles. The van der Waals surface area contributed by atoms with Crippen LogP contribution in [0, 0.1) is 0 Å². The molecule has 0 aromatic heterocycles. The van der Waals surface area contributed by atoms with Gasteiger partial charge in [-0.3, -0.25) is 0 Å². The molecule has 2 aromatic carbocycles. The van der Waals surface area contributed by atoms with Crippen molar-refractivity contribution in [3.63, 3.8) is 0 Å². The summed E-state index contributed by atoms with van der Waals surface area (Å²) in [5.41, 5.74) is 0.980. The fraction of sp³-hybridized carbons (Fsp3) is 0.400. The van der Waals surface area contributed by atoms with Gasteiger partial charge in [0.25, 0.3) is 0 Å². The van der Waals surface area contributed by atoms with E-state index in [1.54, 1.807) is 26.0 Å². The monoisotopic (exact) mass is 361 g/mol. The first-order valence-electron chi connectivity index (χ1n) is 8.69. The minimum Gasteiger partial charge on any atom is -0.237 e. The Balaban J connectivity index is 1.86. The Bertz CT molecular complexity index is 819. The van der Waals surface area contributed by atoms with Crippen LogP contribution in [0.5, 0.6) is 0 Å². The quantitative estimate of drug-likeness (QED) is 0.858. The normalized spacial score (nSPS) is 23.9. The minimum atomic E-state index is -3.50. The zero-order valence-electron chi connectivity index (χ0n) is 14.6. The fourth-order valence-electron chi connectivity index (χ4n) is 3.37. The summed E-state index contributed by atoms with van der Waals surface area (Å²) < 4.78 is 42.6. The number of benzene rings is 2. The number of sulfonamides is 1. The average molecular weight is 361 g/mol. The third kappa shape index (κ3) is 3.62. The molecule has 25 heavy (non-hydrogen) atoms. The van der Waals surface area contributed by atoms with Crippen LogP contribution in [0.15, 0.2) is 54.6 Å². The van der Waals surface area contributed by atoms with E-state index >= 15 is 4.39 Å². The number of hydrogen-bond acceptors (Lipinski definition) is 2. The standard InChI is InChI=1S/C20H24FNO2S/c1-15(2)25(23,24)22-19-9-6-14-20(19,21)18-12-10-17(11-13-18)16-7-4-3-5-8-16/h3-5,7-8,10-13,15,19,22H,6,9,14H2,1-2H3. The molecule has 2 aromatic rings. The summed E-state index contributed by atoms with van der Waals surface area (Å²) in [6.07, 6.45) is 1.52. The largest absolute Gasteiger partial charge is 0.237 e. The van der Waals surface area contributed by atoms with Gasteiger partial charge in [0.05, 0.1) is 11.3 Å². The van der Waals surface area contributed by atoms with E-state index in [2.05, 4.69) is 4.72 Å². The molecule has 1 fully saturated rings. The van der Waals surface area contributed by atoms with Crippen molar-refractivity contribution in [1.29, 1.82) is 0 Å². The van der Waals surface area contributed by atoms with E-state index in [1.807, 2.05) is 42.5 Å². The van der Waals surface area contributed by atoms with Crippen molar-refractivity contribution in [1.82, 2.24) is 4.72 Å². The summed E-state index contributed by atoms with van der Waals surface area (Å²) in [4.78, 5) is 0. The predicted molar refractivity (Wildman–Crippen MR) is 99.5 cm³/mol. The van der Waals surface area contributed by atoms with Crippen molar-refractivity contribution in [2.45, 2.75) is 50.1 Å². The van der Waals surface area contributed by atoms with Crippen molar-refractivity contribution in [2.24, 2.45) is 0 Å². The second kappa shape index (κ2) is 6.89. The Morgan fingerprint density at radius 1 is 1.04 bits per heavy atom. The number of alkyl halides is 1. The second-order valence-corrected chi connectivity index (χ2v) is 9.23. The van der Waals surface area contributed by atoms with Crippen molar-refractivity contribution in [3.05, 3.63) is 60.2 Å². The minimum absolute atomic E-state index is 0.336. The summed E-state index contributed by atoms with van der Waals surface area (Å²) in [5.74, 6) is 0. The van der Waals surface area contributed by atoms with Gasteiger partial charge in [-0.05, 0) is 49.8 Å². The Hall–Kier alpha value is -1.72. The highest BCUT2D eigenvalue weighted by molar-refractivity contribution is 7.90. The molecule has 3 nitrogen and oxygen atoms in total. The van der Waals surface area contributed by atoms with E-state index < -0.39 is 27.0 Å². The van der Waals surface area contributed by atoms with Crippen LogP contribution in [0.2, 0.25) is 0 Å². The lowest BCUT2D eigenvalue weighted by atomic mass is 9.90. The van der Waals surface area contributed by atoms with E-state index in [1.165, 1.54) is 0 Å². The SMILES string of the molecule is CC(C)S(=O)(=O)NC1CCCC1(F)c1ccc(-c2ccccc2)cc1. The van der Waals surface area contributed by atoms with Crippen molar-refractivity contribution >= 4 is 10.0 Å². The van der Waals surface area contributed by atoms with Gasteiger partial charge in [0.15, 0.2) is 5.67 Å². The molecule has 5 heteroatoms. The average Bonchev–Trinajstić information content (AvgIpc) is 2.97. The first-order chi connectivity index (χ1) is 11.8. The molecule has 0 bridgehead atoms. The maximum absolute atomic E-state index is 15.7. The molecule has 2 unspecified atom stereocenters. The molecule has 0 heterocycles. The topological polar surface area (TPSA) is 46.2 Å². The summed E-state index contributed by atoms with van der Waals surface area (Å²) in [7, 11) is -3.50. The van der Waals surface area contributed by atoms with Crippen LogP contribution in [0.1, 0.15) is 38.7 Å². The molecule has 0 spiro atoms. The van der Waals surface area contributed by atoms with Crippen LogP contribution >= 0.6 is 0 Å². The van der Waals surface area contributed by atoms with Crippen molar-refractivity contribution in [3.8, 4) is 11.1 Å². The van der Waals surface area contributed by atoms with E-state index in [0.29, 0.717) is 24.8 Å². The number of halogens is 1. The molecular formula is C20H24FNO2S. The summed E-state index contributed by atoms with van der Waals surface area (Å²) in [6.45, 7) is 3.21. The van der Waals surface area contributed by atoms with Crippen LogP contribution in [0.4, 0.5) is 4.39 Å². The highest BCUT2D eigenvalue weighted by Crippen LogP contribution is 2.43. The molecular weight excluding hydrogens is 337 g/mol. The van der Waals surface area contributed by atoms with Gasteiger partial charge < -0.3 is 0 Å². The molecule has 0 aliphatic heterocycles. The lowest BCUT2D eigenvalue weighted by Crippen LogP contribution is -2.46. The lowest BCUT2D eigenvalue weighted by molar-refractivity contribution is 0.142. The maximum Gasteiger partial charge on any atom is 0.214 e. The van der Waals surface area contributed by atoms with Gasteiger partial charge in [-0.25, -0.2) is 17.5 Å². The molecule has 0 radical (unpaired) electrons. The molecule has 0 amide bonds. The van der Waals surface area contributed by atoms with Gasteiger partial charge in [0, 0.05) is 0 Å². The molecule has 3 rings (SSSR count). The lowest BCUT2D eigenvalue weighted by Gasteiger charge is -2.29. The van der Waals surface area contributed by atoms with E-state index in [-0.39, 0.29) is 0 Å². The van der Waals surface area contributed by atoms with Crippen LogP contribution in [-0.2, 0) is 15.7 Å².